The first-order valence-electron chi connectivity index (χ1n) is 5.78. The number of urea groups is 1. The molecule has 0 radical (unpaired) electrons. The van der Waals surface area contributed by atoms with Gasteiger partial charge in [0.25, 0.3) is 0 Å². The largest absolute Gasteiger partial charge is 0.465 e. The summed E-state index contributed by atoms with van der Waals surface area (Å²) in [5.41, 5.74) is 0.365. The second-order valence-corrected chi connectivity index (χ2v) is 3.94. The topological polar surface area (TPSA) is 83.6 Å². The average molecular weight is 266 g/mol. The molecule has 0 aliphatic heterocycles. The summed E-state index contributed by atoms with van der Waals surface area (Å²) in [4.78, 5) is 28.3. The van der Waals surface area contributed by atoms with Crippen LogP contribution in [0.25, 0.3) is 0 Å². The summed E-state index contributed by atoms with van der Waals surface area (Å²) in [6, 6.07) is 3.11. The van der Waals surface area contributed by atoms with E-state index in [9.17, 15) is 9.59 Å². The van der Waals surface area contributed by atoms with Crippen LogP contribution in [0.2, 0.25) is 0 Å². The summed E-state index contributed by atoms with van der Waals surface area (Å²) in [7, 11) is 4.64. The zero-order valence-electron chi connectivity index (χ0n) is 11.3. The highest BCUT2D eigenvalue weighted by atomic mass is 16.5. The number of hydrogen-bond acceptors (Lipinski definition) is 5. The van der Waals surface area contributed by atoms with E-state index in [4.69, 9.17) is 0 Å². The highest BCUT2D eigenvalue weighted by Gasteiger charge is 2.11. The summed E-state index contributed by atoms with van der Waals surface area (Å²) >= 11 is 0. The van der Waals surface area contributed by atoms with Crippen LogP contribution in [0, 0.1) is 0 Å². The maximum Gasteiger partial charge on any atom is 0.341 e. The van der Waals surface area contributed by atoms with Crippen LogP contribution >= 0.6 is 0 Å². The first-order chi connectivity index (χ1) is 9.06. The van der Waals surface area contributed by atoms with Crippen LogP contribution < -0.4 is 10.6 Å². The highest BCUT2D eigenvalue weighted by Crippen LogP contribution is 2.11. The van der Waals surface area contributed by atoms with E-state index in [1.165, 1.54) is 12.0 Å². The molecule has 0 bridgehead atoms. The van der Waals surface area contributed by atoms with Crippen molar-refractivity contribution < 1.29 is 14.3 Å². The Morgan fingerprint density at radius 1 is 1.37 bits per heavy atom. The van der Waals surface area contributed by atoms with Gasteiger partial charge >= 0.3 is 12.0 Å². The fourth-order valence-corrected chi connectivity index (χ4v) is 1.33. The molecule has 0 aliphatic carbocycles. The van der Waals surface area contributed by atoms with Crippen molar-refractivity contribution in [3.8, 4) is 0 Å². The lowest BCUT2D eigenvalue weighted by atomic mass is 10.2. The number of hydrogen-bond donors (Lipinski definition) is 2. The van der Waals surface area contributed by atoms with Crippen LogP contribution in [-0.4, -0.2) is 56.2 Å². The number of amides is 2. The molecule has 0 aromatic carbocycles. The average Bonchev–Trinajstić information content (AvgIpc) is 2.42. The molecule has 7 nitrogen and oxygen atoms in total. The zero-order valence-corrected chi connectivity index (χ0v) is 11.3. The van der Waals surface area contributed by atoms with Gasteiger partial charge in [-0.05, 0) is 12.1 Å². The van der Waals surface area contributed by atoms with E-state index in [0.29, 0.717) is 24.5 Å². The number of nitrogens with zero attached hydrogens (tertiary/aromatic N) is 2. The van der Waals surface area contributed by atoms with Gasteiger partial charge in [0.15, 0.2) is 0 Å². The van der Waals surface area contributed by atoms with E-state index in [0.717, 1.165) is 0 Å². The summed E-state index contributed by atoms with van der Waals surface area (Å²) in [6.07, 6.45) is 1.58. The van der Waals surface area contributed by atoms with Crippen LogP contribution in [0.4, 0.5) is 10.6 Å². The van der Waals surface area contributed by atoms with Gasteiger partial charge in [0.2, 0.25) is 0 Å². The summed E-state index contributed by atoms with van der Waals surface area (Å²) in [6.45, 7) is 0.884. The van der Waals surface area contributed by atoms with Crippen molar-refractivity contribution in [2.45, 2.75) is 0 Å². The van der Waals surface area contributed by atoms with Crippen LogP contribution in [-0.2, 0) is 4.74 Å². The molecule has 1 rings (SSSR count). The molecule has 104 valence electrons. The maximum atomic E-state index is 11.5. The van der Waals surface area contributed by atoms with Gasteiger partial charge in [-0.1, -0.05) is 0 Å². The lowest BCUT2D eigenvalue weighted by molar-refractivity contribution is 0.0601. The number of carbonyl (C=O) groups excluding carboxylic acids is 2. The van der Waals surface area contributed by atoms with E-state index in [1.54, 1.807) is 32.4 Å². The zero-order chi connectivity index (χ0) is 14.3. The third-order valence-electron chi connectivity index (χ3n) is 2.31. The Bertz CT molecular complexity index is 448. The normalized spacial score (nSPS) is 9.63. The number of carbonyl (C=O) groups is 2. The molecular weight excluding hydrogens is 248 g/mol. The first-order valence-corrected chi connectivity index (χ1v) is 5.78. The van der Waals surface area contributed by atoms with Crippen LogP contribution in [0.15, 0.2) is 18.3 Å². The number of aromatic nitrogens is 1. The molecule has 1 aromatic rings. The van der Waals surface area contributed by atoms with E-state index in [2.05, 4.69) is 20.4 Å². The van der Waals surface area contributed by atoms with E-state index < -0.39 is 5.97 Å². The molecule has 0 spiro atoms. The number of anilines is 1. The molecule has 19 heavy (non-hydrogen) atoms. The molecule has 7 heteroatoms. The Kier molecular flexibility index (Phi) is 5.59. The van der Waals surface area contributed by atoms with Gasteiger partial charge in [-0.15, -0.1) is 0 Å². The van der Waals surface area contributed by atoms with Crippen molar-refractivity contribution in [3.05, 3.63) is 23.9 Å². The third-order valence-corrected chi connectivity index (χ3v) is 2.31. The Morgan fingerprint density at radius 3 is 2.74 bits per heavy atom. The third kappa shape index (κ3) is 4.46. The van der Waals surface area contributed by atoms with Gasteiger partial charge in [-0.2, -0.15) is 0 Å². The van der Waals surface area contributed by atoms with Gasteiger partial charge in [0.05, 0.1) is 7.11 Å². The molecule has 0 saturated carbocycles. The Hall–Kier alpha value is -2.31. The molecule has 2 N–H and O–H groups in total. The maximum absolute atomic E-state index is 11.5. The van der Waals surface area contributed by atoms with E-state index >= 15 is 0 Å². The molecule has 1 heterocycles. The molecular formula is C12H18N4O3. The predicted molar refractivity (Wildman–Crippen MR) is 71.2 cm³/mol. The second-order valence-electron chi connectivity index (χ2n) is 3.94. The predicted octanol–water partition coefficient (Wildman–Crippen LogP) is 0.551. The van der Waals surface area contributed by atoms with Gasteiger partial charge in [0, 0.05) is 33.4 Å². The van der Waals surface area contributed by atoms with Gasteiger partial charge in [-0.25, -0.2) is 14.6 Å². The second kappa shape index (κ2) is 7.20. The van der Waals surface area contributed by atoms with Crippen LogP contribution in [0.1, 0.15) is 10.4 Å². The smallest absolute Gasteiger partial charge is 0.341 e. The van der Waals surface area contributed by atoms with E-state index in [1.807, 2.05) is 0 Å². The minimum Gasteiger partial charge on any atom is -0.465 e. The molecule has 1 aromatic heterocycles. The molecule has 0 fully saturated rings. The SMILES string of the molecule is COC(=O)c1cccnc1NCCNC(=O)N(C)C. The summed E-state index contributed by atoms with van der Waals surface area (Å²) in [5.74, 6) is -0.0126. The van der Waals surface area contributed by atoms with Crippen molar-refractivity contribution in [1.82, 2.24) is 15.2 Å². The Labute approximate surface area is 112 Å². The fraction of sp³-hybridized carbons (Fsp3) is 0.417. The summed E-state index contributed by atoms with van der Waals surface area (Å²) < 4.78 is 4.66. The van der Waals surface area contributed by atoms with Gasteiger partial charge < -0.3 is 20.3 Å². The quantitative estimate of drug-likeness (QED) is 0.600. The molecule has 2 amide bonds. The fourth-order valence-electron chi connectivity index (χ4n) is 1.33. The van der Waals surface area contributed by atoms with Crippen molar-refractivity contribution in [2.24, 2.45) is 0 Å². The summed E-state index contributed by atoms with van der Waals surface area (Å²) in [5, 5.41) is 5.67. The number of esters is 1. The molecule has 0 unspecified atom stereocenters. The number of nitrogens with one attached hydrogen (secondary N) is 2. The number of rotatable bonds is 5. The molecule has 0 aliphatic rings. The molecule has 0 saturated heterocycles. The van der Waals surface area contributed by atoms with E-state index in [-0.39, 0.29) is 6.03 Å². The van der Waals surface area contributed by atoms with Crippen molar-refractivity contribution >= 4 is 17.8 Å². The van der Waals surface area contributed by atoms with Crippen molar-refractivity contribution in [2.75, 3.05) is 39.6 Å². The lowest BCUT2D eigenvalue weighted by Gasteiger charge is -2.13. The lowest BCUT2D eigenvalue weighted by Crippen LogP contribution is -2.37. The highest BCUT2D eigenvalue weighted by molar-refractivity contribution is 5.94. The first kappa shape index (κ1) is 14.7. The standard InChI is InChI=1S/C12H18N4O3/c1-16(2)12(18)15-8-7-14-10-9(11(17)19-3)5-4-6-13-10/h4-6H,7-8H2,1-3H3,(H,13,14)(H,15,18). The minimum atomic E-state index is -0.451. The Morgan fingerprint density at radius 2 is 2.11 bits per heavy atom. The van der Waals surface area contributed by atoms with Crippen molar-refractivity contribution in [1.29, 1.82) is 0 Å². The number of methoxy groups -OCH3 is 1. The van der Waals surface area contributed by atoms with Crippen LogP contribution in [0.3, 0.4) is 0 Å². The van der Waals surface area contributed by atoms with Crippen molar-refractivity contribution in [3.63, 3.8) is 0 Å². The van der Waals surface area contributed by atoms with Gasteiger partial charge in [-0.3, -0.25) is 0 Å². The number of ether oxygens (including phenoxy) is 1. The molecule has 0 atom stereocenters. The minimum absolute atomic E-state index is 0.170. The Balaban J connectivity index is 2.50. The number of pyridine rings is 1. The van der Waals surface area contributed by atoms with Gasteiger partial charge in [0.1, 0.15) is 11.4 Å². The monoisotopic (exact) mass is 266 g/mol. The van der Waals surface area contributed by atoms with Crippen LogP contribution in [0.5, 0.6) is 0 Å².